The van der Waals surface area contributed by atoms with Crippen molar-refractivity contribution in [3.05, 3.63) is 57.2 Å². The molecule has 1 saturated heterocycles. The standard InChI is InChI=1S/C25H30N2O2S/c1-16-10-11-22(17(2)12-16)27-18(3)13-21(19(27)4)14-23-24(28)26(25(29)30-23)15-20-8-6-5-7-9-20/h10-14,20H,5-9,15H2,1-4H3/b23-14+. The second kappa shape index (κ2) is 8.46. The van der Waals surface area contributed by atoms with Crippen molar-refractivity contribution in [1.29, 1.82) is 0 Å². The molecule has 1 aliphatic heterocycles. The summed E-state index contributed by atoms with van der Waals surface area (Å²) in [5.41, 5.74) is 6.81. The molecule has 1 aromatic heterocycles. The summed E-state index contributed by atoms with van der Waals surface area (Å²) in [5.74, 6) is 0.327. The minimum Gasteiger partial charge on any atom is -0.318 e. The number of hydrogen-bond acceptors (Lipinski definition) is 3. The van der Waals surface area contributed by atoms with Gasteiger partial charge in [-0.15, -0.1) is 0 Å². The Bertz CT molecular complexity index is 1030. The Morgan fingerprint density at radius 1 is 1.03 bits per heavy atom. The molecule has 0 spiro atoms. The van der Waals surface area contributed by atoms with Gasteiger partial charge in [0.25, 0.3) is 11.1 Å². The van der Waals surface area contributed by atoms with Crippen LogP contribution in [0.4, 0.5) is 4.79 Å². The Morgan fingerprint density at radius 3 is 2.47 bits per heavy atom. The Morgan fingerprint density at radius 2 is 1.77 bits per heavy atom. The number of carbonyl (C=O) groups is 2. The second-order valence-corrected chi connectivity index (χ2v) is 9.74. The molecule has 2 amide bonds. The number of benzene rings is 1. The molecule has 0 atom stereocenters. The van der Waals surface area contributed by atoms with Crippen molar-refractivity contribution in [2.75, 3.05) is 6.54 Å². The molecule has 1 aromatic carbocycles. The van der Waals surface area contributed by atoms with Crippen LogP contribution in [-0.2, 0) is 4.79 Å². The summed E-state index contributed by atoms with van der Waals surface area (Å²) in [7, 11) is 0. The first-order valence-electron chi connectivity index (χ1n) is 10.9. The molecule has 2 aromatic rings. The van der Waals surface area contributed by atoms with Crippen molar-refractivity contribution in [2.45, 2.75) is 59.8 Å². The van der Waals surface area contributed by atoms with Crippen LogP contribution in [0.5, 0.6) is 0 Å². The van der Waals surface area contributed by atoms with Gasteiger partial charge in [-0.2, -0.15) is 0 Å². The van der Waals surface area contributed by atoms with E-state index in [1.165, 1.54) is 35.3 Å². The fraction of sp³-hybridized carbons (Fsp3) is 0.440. The zero-order valence-corrected chi connectivity index (χ0v) is 19.1. The lowest BCUT2D eigenvalue weighted by Crippen LogP contribution is -2.34. The van der Waals surface area contributed by atoms with E-state index < -0.39 is 0 Å². The van der Waals surface area contributed by atoms with E-state index >= 15 is 0 Å². The number of imide groups is 1. The van der Waals surface area contributed by atoms with Gasteiger partial charge >= 0.3 is 0 Å². The van der Waals surface area contributed by atoms with Crippen LogP contribution in [0.2, 0.25) is 0 Å². The molecule has 4 nitrogen and oxygen atoms in total. The Hall–Kier alpha value is -2.27. The maximum atomic E-state index is 13.0. The van der Waals surface area contributed by atoms with Crippen molar-refractivity contribution < 1.29 is 9.59 Å². The molecular formula is C25H30N2O2S. The van der Waals surface area contributed by atoms with E-state index in [1.54, 1.807) is 0 Å². The van der Waals surface area contributed by atoms with Crippen LogP contribution in [0.1, 0.15) is 60.2 Å². The molecule has 2 heterocycles. The summed E-state index contributed by atoms with van der Waals surface area (Å²) in [5, 5.41) is -0.125. The van der Waals surface area contributed by atoms with Crippen molar-refractivity contribution in [2.24, 2.45) is 5.92 Å². The van der Waals surface area contributed by atoms with Gasteiger partial charge in [-0.1, -0.05) is 37.0 Å². The predicted octanol–water partition coefficient (Wildman–Crippen LogP) is 6.33. The highest BCUT2D eigenvalue weighted by molar-refractivity contribution is 8.18. The lowest BCUT2D eigenvalue weighted by Gasteiger charge is -2.25. The highest BCUT2D eigenvalue weighted by Gasteiger charge is 2.36. The molecule has 0 bridgehead atoms. The Balaban J connectivity index is 1.60. The first kappa shape index (κ1) is 21.0. The fourth-order valence-corrected chi connectivity index (χ4v) is 5.63. The maximum Gasteiger partial charge on any atom is 0.293 e. The Labute approximate surface area is 183 Å². The van der Waals surface area contributed by atoms with E-state index in [0.717, 1.165) is 47.2 Å². The highest BCUT2D eigenvalue weighted by Crippen LogP contribution is 2.36. The molecule has 1 saturated carbocycles. The van der Waals surface area contributed by atoms with Gasteiger partial charge in [-0.3, -0.25) is 14.5 Å². The summed E-state index contributed by atoms with van der Waals surface area (Å²) >= 11 is 1.08. The van der Waals surface area contributed by atoms with Crippen molar-refractivity contribution >= 4 is 29.0 Å². The molecule has 2 fully saturated rings. The fourth-order valence-electron chi connectivity index (χ4n) is 4.79. The van der Waals surface area contributed by atoms with Crippen molar-refractivity contribution in [1.82, 2.24) is 9.47 Å². The highest BCUT2D eigenvalue weighted by atomic mass is 32.2. The zero-order valence-electron chi connectivity index (χ0n) is 18.3. The zero-order chi connectivity index (χ0) is 21.4. The van der Waals surface area contributed by atoms with Gasteiger partial charge in [0, 0.05) is 23.6 Å². The van der Waals surface area contributed by atoms with E-state index in [0.29, 0.717) is 17.4 Å². The van der Waals surface area contributed by atoms with Crippen LogP contribution in [-0.4, -0.2) is 27.2 Å². The number of aromatic nitrogens is 1. The molecule has 1 aliphatic carbocycles. The number of thioether (sulfide) groups is 1. The van der Waals surface area contributed by atoms with Crippen molar-refractivity contribution in [3.63, 3.8) is 0 Å². The third-order valence-electron chi connectivity index (χ3n) is 6.39. The summed E-state index contributed by atoms with van der Waals surface area (Å²) < 4.78 is 2.23. The molecule has 4 rings (SSSR count). The minimum absolute atomic E-state index is 0.125. The molecule has 0 unspecified atom stereocenters. The number of rotatable bonds is 4. The van der Waals surface area contributed by atoms with Crippen LogP contribution >= 0.6 is 11.8 Å². The van der Waals surface area contributed by atoms with E-state index in [2.05, 4.69) is 56.5 Å². The number of carbonyl (C=O) groups excluding carboxylic acids is 2. The van der Waals surface area contributed by atoms with Crippen molar-refractivity contribution in [3.8, 4) is 5.69 Å². The topological polar surface area (TPSA) is 42.3 Å². The van der Waals surface area contributed by atoms with Gasteiger partial charge < -0.3 is 4.57 Å². The average molecular weight is 423 g/mol. The number of aryl methyl sites for hydroxylation is 3. The number of amides is 2. The molecule has 5 heteroatoms. The molecule has 0 N–H and O–H groups in total. The molecule has 30 heavy (non-hydrogen) atoms. The van der Waals surface area contributed by atoms with Gasteiger partial charge in [0.15, 0.2) is 0 Å². The summed E-state index contributed by atoms with van der Waals surface area (Å²) in [6, 6.07) is 8.55. The minimum atomic E-state index is -0.133. The molecule has 2 aliphatic rings. The van der Waals surface area contributed by atoms with Crippen LogP contribution < -0.4 is 0 Å². The normalized spacial score (nSPS) is 19.3. The first-order valence-corrected chi connectivity index (χ1v) is 11.7. The smallest absolute Gasteiger partial charge is 0.293 e. The third-order valence-corrected chi connectivity index (χ3v) is 7.30. The van der Waals surface area contributed by atoms with E-state index in [-0.39, 0.29) is 11.1 Å². The van der Waals surface area contributed by atoms with Crippen LogP contribution in [0.3, 0.4) is 0 Å². The van der Waals surface area contributed by atoms with Crippen LogP contribution in [0.25, 0.3) is 11.8 Å². The Kier molecular flexibility index (Phi) is 5.92. The predicted molar refractivity (Wildman–Crippen MR) is 124 cm³/mol. The lowest BCUT2D eigenvalue weighted by molar-refractivity contribution is -0.123. The average Bonchev–Trinajstić information content (AvgIpc) is 3.13. The largest absolute Gasteiger partial charge is 0.318 e. The van der Waals surface area contributed by atoms with Gasteiger partial charge in [0.05, 0.1) is 4.91 Å². The second-order valence-electron chi connectivity index (χ2n) is 8.75. The number of nitrogens with zero attached hydrogens (tertiary/aromatic N) is 2. The van der Waals surface area contributed by atoms with Gasteiger partial charge in [0.1, 0.15) is 0 Å². The first-order chi connectivity index (χ1) is 14.3. The van der Waals surface area contributed by atoms with E-state index in [9.17, 15) is 9.59 Å². The van der Waals surface area contributed by atoms with Gasteiger partial charge in [-0.25, -0.2) is 0 Å². The van der Waals surface area contributed by atoms with Crippen LogP contribution in [0.15, 0.2) is 29.2 Å². The van der Waals surface area contributed by atoms with E-state index in [1.807, 2.05) is 6.08 Å². The van der Waals surface area contributed by atoms with E-state index in [4.69, 9.17) is 0 Å². The van der Waals surface area contributed by atoms with Gasteiger partial charge in [-0.05, 0) is 87.6 Å². The quantitative estimate of drug-likeness (QED) is 0.541. The van der Waals surface area contributed by atoms with Gasteiger partial charge in [0.2, 0.25) is 0 Å². The SMILES string of the molecule is Cc1ccc(-n2c(C)cc(/C=C3/SC(=O)N(CC4CCCCC4)C3=O)c2C)c(C)c1. The van der Waals surface area contributed by atoms with Crippen LogP contribution in [0, 0.1) is 33.6 Å². The monoisotopic (exact) mass is 422 g/mol. The lowest BCUT2D eigenvalue weighted by atomic mass is 9.89. The summed E-state index contributed by atoms with van der Waals surface area (Å²) in [6.45, 7) is 8.95. The summed E-state index contributed by atoms with van der Waals surface area (Å²) in [6.07, 6.45) is 7.83. The molecule has 158 valence electrons. The number of hydrogen-bond donors (Lipinski definition) is 0. The third kappa shape index (κ3) is 4.00. The summed E-state index contributed by atoms with van der Waals surface area (Å²) in [4.78, 5) is 27.5. The maximum absolute atomic E-state index is 13.0. The molecule has 0 radical (unpaired) electrons. The molecular weight excluding hydrogens is 392 g/mol.